The van der Waals surface area contributed by atoms with Crippen LogP contribution in [-0.4, -0.2) is 57.1 Å². The van der Waals surface area contributed by atoms with Crippen molar-refractivity contribution in [3.05, 3.63) is 0 Å². The van der Waals surface area contributed by atoms with Gasteiger partial charge in [0.1, 0.15) is 0 Å². The van der Waals surface area contributed by atoms with Crippen molar-refractivity contribution >= 4 is 0 Å². The molecule has 5 heteroatoms. The van der Waals surface area contributed by atoms with E-state index in [9.17, 15) is 0 Å². The van der Waals surface area contributed by atoms with Gasteiger partial charge in [0.25, 0.3) is 0 Å². The molecule has 0 aromatic heterocycles. The van der Waals surface area contributed by atoms with Crippen molar-refractivity contribution in [3.8, 4) is 0 Å². The van der Waals surface area contributed by atoms with Crippen LogP contribution in [0, 0.1) is 0 Å². The van der Waals surface area contributed by atoms with Gasteiger partial charge in [-0.1, -0.05) is 20.3 Å². The van der Waals surface area contributed by atoms with Crippen molar-refractivity contribution < 1.29 is 14.6 Å². The van der Waals surface area contributed by atoms with Gasteiger partial charge in [0.05, 0.1) is 13.2 Å². The smallest absolute Gasteiger partial charge is 0.157 e. The summed E-state index contributed by atoms with van der Waals surface area (Å²) in [5.41, 5.74) is 0. The van der Waals surface area contributed by atoms with Gasteiger partial charge in [-0.2, -0.15) is 5.06 Å². The number of likely N-dealkylation sites (N-methyl/N-ethyl adjacent to an activating group) is 1. The van der Waals surface area contributed by atoms with Crippen molar-refractivity contribution in [3.63, 3.8) is 0 Å². The van der Waals surface area contributed by atoms with Crippen LogP contribution in [0.25, 0.3) is 0 Å². The van der Waals surface area contributed by atoms with Crippen LogP contribution in [0.2, 0.25) is 0 Å². The first-order valence-corrected chi connectivity index (χ1v) is 5.97. The van der Waals surface area contributed by atoms with E-state index in [2.05, 4.69) is 25.8 Å². The monoisotopic (exact) mass is 234 g/mol. The summed E-state index contributed by atoms with van der Waals surface area (Å²) < 4.78 is 0. The first-order chi connectivity index (χ1) is 7.70. The Morgan fingerprint density at radius 2 is 1.75 bits per heavy atom. The van der Waals surface area contributed by atoms with Crippen molar-refractivity contribution in [1.82, 2.24) is 9.96 Å². The van der Waals surface area contributed by atoms with Crippen LogP contribution < -0.4 is 0 Å². The number of hydrogen-bond acceptors (Lipinski definition) is 5. The lowest BCUT2D eigenvalue weighted by atomic mass is 10.4. The minimum Gasteiger partial charge on any atom is -0.304 e. The Balaban J connectivity index is 3.21. The lowest BCUT2D eigenvalue weighted by molar-refractivity contribution is -0.349. The maximum absolute atomic E-state index is 5.41. The maximum atomic E-state index is 5.41. The Morgan fingerprint density at radius 3 is 2.38 bits per heavy atom. The van der Waals surface area contributed by atoms with E-state index in [1.165, 1.54) is 0 Å². The van der Waals surface area contributed by atoms with Crippen molar-refractivity contribution in [2.45, 2.75) is 26.7 Å². The second-order valence-electron chi connectivity index (χ2n) is 3.78. The molecule has 0 spiro atoms. The van der Waals surface area contributed by atoms with Crippen molar-refractivity contribution in [2.24, 2.45) is 0 Å². The van der Waals surface area contributed by atoms with Crippen LogP contribution >= 0.6 is 0 Å². The first kappa shape index (κ1) is 15.8. The molecule has 0 aromatic carbocycles. The van der Waals surface area contributed by atoms with E-state index in [4.69, 9.17) is 14.6 Å². The van der Waals surface area contributed by atoms with Gasteiger partial charge in [-0.05, 0) is 20.0 Å². The third-order valence-corrected chi connectivity index (χ3v) is 2.22. The topological polar surface area (TPSA) is 34.2 Å². The van der Waals surface area contributed by atoms with Gasteiger partial charge in [-0.15, -0.1) is 0 Å². The van der Waals surface area contributed by atoms with E-state index in [1.54, 1.807) is 5.06 Å². The molecular formula is C11H26N2O3. The number of unbranched alkanes of at least 4 members (excludes halogenated alkanes) is 1. The number of hydroxylamine groups is 2. The molecule has 0 amide bonds. The molecule has 98 valence electrons. The van der Waals surface area contributed by atoms with E-state index in [-0.39, 0.29) is 0 Å². The van der Waals surface area contributed by atoms with Gasteiger partial charge in [0.2, 0.25) is 0 Å². The summed E-state index contributed by atoms with van der Waals surface area (Å²) in [6.45, 7) is 7.82. The van der Waals surface area contributed by atoms with E-state index in [1.807, 2.05) is 7.05 Å². The molecule has 16 heavy (non-hydrogen) atoms. The molecule has 0 aliphatic heterocycles. The van der Waals surface area contributed by atoms with Gasteiger partial charge in [0, 0.05) is 13.6 Å². The molecule has 0 fully saturated rings. The highest BCUT2D eigenvalue weighted by Gasteiger charge is 2.00. The fourth-order valence-corrected chi connectivity index (χ4v) is 0.922. The second-order valence-corrected chi connectivity index (χ2v) is 3.78. The second kappa shape index (κ2) is 11.3. The molecule has 5 nitrogen and oxygen atoms in total. The molecule has 0 radical (unpaired) electrons. The third-order valence-electron chi connectivity index (χ3n) is 2.22. The SMILES string of the molecule is CCCCOOCN(C)OCCN(C)CC. The Kier molecular flexibility index (Phi) is 11.1. The number of nitrogens with zero attached hydrogens (tertiary/aromatic N) is 2. The largest absolute Gasteiger partial charge is 0.304 e. The van der Waals surface area contributed by atoms with Gasteiger partial charge in [-0.3, -0.25) is 4.84 Å². The minimum absolute atomic E-state index is 0.333. The zero-order valence-electron chi connectivity index (χ0n) is 11.1. The molecule has 0 N–H and O–H groups in total. The Hall–Kier alpha value is -0.200. The molecule has 0 unspecified atom stereocenters. The molecule has 0 bridgehead atoms. The van der Waals surface area contributed by atoms with Gasteiger partial charge in [0.15, 0.2) is 6.73 Å². The Bertz CT molecular complexity index is 147. The van der Waals surface area contributed by atoms with Crippen LogP contribution in [0.4, 0.5) is 0 Å². The fraction of sp³-hybridized carbons (Fsp3) is 1.00. The first-order valence-electron chi connectivity index (χ1n) is 5.97. The van der Waals surface area contributed by atoms with Crippen LogP contribution in [0.15, 0.2) is 0 Å². The lowest BCUT2D eigenvalue weighted by Crippen LogP contribution is -2.28. The standard InChI is InChI=1S/C11H26N2O3/c1-5-7-9-15-16-11-13(4)14-10-8-12(3)6-2/h5-11H2,1-4H3. The average molecular weight is 234 g/mol. The summed E-state index contributed by atoms with van der Waals surface area (Å²) in [6.07, 6.45) is 2.13. The molecule has 0 saturated heterocycles. The van der Waals surface area contributed by atoms with E-state index in [0.717, 1.165) is 25.9 Å². The zero-order valence-corrected chi connectivity index (χ0v) is 11.1. The summed E-state index contributed by atoms with van der Waals surface area (Å²) in [5.74, 6) is 0. The van der Waals surface area contributed by atoms with Gasteiger partial charge in [-0.25, -0.2) is 9.78 Å². The molecule has 0 rings (SSSR count). The predicted molar refractivity (Wildman–Crippen MR) is 63.7 cm³/mol. The summed E-state index contributed by atoms with van der Waals surface area (Å²) in [6, 6.07) is 0. The van der Waals surface area contributed by atoms with Gasteiger partial charge < -0.3 is 4.90 Å². The molecule has 0 heterocycles. The van der Waals surface area contributed by atoms with Crippen LogP contribution in [0.5, 0.6) is 0 Å². The molecule has 0 aliphatic rings. The molecule has 0 saturated carbocycles. The van der Waals surface area contributed by atoms with Crippen molar-refractivity contribution in [1.29, 1.82) is 0 Å². The average Bonchev–Trinajstić information content (AvgIpc) is 2.28. The number of rotatable bonds is 11. The molecular weight excluding hydrogens is 208 g/mol. The quantitative estimate of drug-likeness (QED) is 0.234. The summed E-state index contributed by atoms with van der Waals surface area (Å²) in [4.78, 5) is 17.5. The lowest BCUT2D eigenvalue weighted by Gasteiger charge is -2.18. The molecule has 0 aromatic rings. The highest BCUT2D eigenvalue weighted by atomic mass is 17.2. The van der Waals surface area contributed by atoms with Gasteiger partial charge >= 0.3 is 0 Å². The summed E-state index contributed by atoms with van der Waals surface area (Å²) in [5, 5.41) is 1.63. The maximum Gasteiger partial charge on any atom is 0.157 e. The van der Waals surface area contributed by atoms with E-state index in [0.29, 0.717) is 19.9 Å². The fourth-order valence-electron chi connectivity index (χ4n) is 0.922. The summed E-state index contributed by atoms with van der Waals surface area (Å²) >= 11 is 0. The predicted octanol–water partition coefficient (Wildman–Crippen LogP) is 1.51. The van der Waals surface area contributed by atoms with E-state index < -0.39 is 0 Å². The normalized spacial score (nSPS) is 11.6. The van der Waals surface area contributed by atoms with Crippen LogP contribution in [0.1, 0.15) is 26.7 Å². The third kappa shape index (κ3) is 10.3. The van der Waals surface area contributed by atoms with Crippen molar-refractivity contribution in [2.75, 3.05) is 47.1 Å². The summed E-state index contributed by atoms with van der Waals surface area (Å²) in [7, 11) is 3.89. The van der Waals surface area contributed by atoms with E-state index >= 15 is 0 Å². The highest BCUT2D eigenvalue weighted by Crippen LogP contribution is 1.92. The number of hydrogen-bond donors (Lipinski definition) is 0. The zero-order chi connectivity index (χ0) is 12.2. The van der Waals surface area contributed by atoms with Crippen LogP contribution in [0.3, 0.4) is 0 Å². The molecule has 0 aliphatic carbocycles. The Morgan fingerprint density at radius 1 is 1.00 bits per heavy atom. The Labute approximate surface area is 99.1 Å². The highest BCUT2D eigenvalue weighted by molar-refractivity contribution is 4.43. The minimum atomic E-state index is 0.333. The van der Waals surface area contributed by atoms with Crippen LogP contribution in [-0.2, 0) is 14.6 Å². The molecule has 0 atom stereocenters.